The van der Waals surface area contributed by atoms with Gasteiger partial charge in [-0.05, 0) is 67.9 Å². The Hall–Kier alpha value is -1.74. The summed E-state index contributed by atoms with van der Waals surface area (Å²) in [5.74, 6) is 0.482. The molecule has 2 aliphatic heterocycles. The molecule has 0 aliphatic carbocycles. The van der Waals surface area contributed by atoms with E-state index in [4.69, 9.17) is 0 Å². The smallest absolute Gasteiger partial charge is 0.126 e. The van der Waals surface area contributed by atoms with Gasteiger partial charge in [-0.15, -0.1) is 0 Å². The minimum atomic E-state index is -0.0932. The molecule has 0 saturated carbocycles. The number of aromatic nitrogens is 1. The van der Waals surface area contributed by atoms with Crippen molar-refractivity contribution in [2.75, 3.05) is 0 Å². The highest BCUT2D eigenvalue weighted by molar-refractivity contribution is 5.28. The molecular weight excluding hydrogens is 287 g/mol. The molecule has 3 atom stereocenters. The summed E-state index contributed by atoms with van der Waals surface area (Å²) < 4.78 is 13.5. The van der Waals surface area contributed by atoms with Crippen LogP contribution in [0, 0.1) is 12.7 Å². The second-order valence-corrected chi connectivity index (χ2v) is 7.06. The van der Waals surface area contributed by atoms with Crippen molar-refractivity contribution in [3.05, 3.63) is 65.2 Å². The van der Waals surface area contributed by atoms with Crippen LogP contribution < -0.4 is 0 Å². The summed E-state index contributed by atoms with van der Waals surface area (Å²) >= 11 is 0. The summed E-state index contributed by atoms with van der Waals surface area (Å²) in [7, 11) is 0. The Morgan fingerprint density at radius 1 is 1.13 bits per heavy atom. The zero-order valence-corrected chi connectivity index (χ0v) is 13.6. The Morgan fingerprint density at radius 2 is 1.91 bits per heavy atom. The highest BCUT2D eigenvalue weighted by Gasteiger charge is 2.41. The van der Waals surface area contributed by atoms with E-state index in [-0.39, 0.29) is 5.82 Å². The van der Waals surface area contributed by atoms with Gasteiger partial charge in [0.15, 0.2) is 0 Å². The van der Waals surface area contributed by atoms with Gasteiger partial charge < -0.3 is 0 Å². The van der Waals surface area contributed by atoms with Gasteiger partial charge in [0.05, 0.1) is 5.69 Å². The molecule has 1 unspecified atom stereocenters. The zero-order chi connectivity index (χ0) is 15.8. The van der Waals surface area contributed by atoms with Crippen molar-refractivity contribution >= 4 is 0 Å². The number of aryl methyl sites for hydroxylation is 1. The first kappa shape index (κ1) is 14.8. The maximum atomic E-state index is 13.5. The van der Waals surface area contributed by atoms with E-state index < -0.39 is 0 Å². The van der Waals surface area contributed by atoms with Gasteiger partial charge >= 0.3 is 0 Å². The van der Waals surface area contributed by atoms with Crippen LogP contribution in [-0.4, -0.2) is 22.0 Å². The summed E-state index contributed by atoms with van der Waals surface area (Å²) in [4.78, 5) is 7.13. The van der Waals surface area contributed by atoms with Crippen molar-refractivity contribution in [3.8, 4) is 0 Å². The van der Waals surface area contributed by atoms with Gasteiger partial charge in [0.2, 0.25) is 0 Å². The second kappa shape index (κ2) is 6.04. The molecule has 0 N–H and O–H groups in total. The Kier molecular flexibility index (Phi) is 3.90. The van der Waals surface area contributed by atoms with E-state index in [1.54, 1.807) is 6.07 Å². The molecule has 0 spiro atoms. The van der Waals surface area contributed by atoms with Crippen molar-refractivity contribution in [1.29, 1.82) is 0 Å². The first-order valence-electron chi connectivity index (χ1n) is 8.62. The summed E-state index contributed by atoms with van der Waals surface area (Å²) in [6, 6.07) is 13.1. The lowest BCUT2D eigenvalue weighted by atomic mass is 9.84. The van der Waals surface area contributed by atoms with Crippen molar-refractivity contribution < 1.29 is 4.39 Å². The number of nitrogens with zero attached hydrogens (tertiary/aromatic N) is 2. The molecule has 2 bridgehead atoms. The molecule has 4 rings (SSSR count). The molecule has 2 saturated heterocycles. The number of rotatable bonds is 3. The number of halogens is 1. The van der Waals surface area contributed by atoms with E-state index in [0.29, 0.717) is 18.0 Å². The minimum Gasteiger partial charge on any atom is -0.292 e. The lowest BCUT2D eigenvalue weighted by Gasteiger charge is -2.39. The monoisotopic (exact) mass is 310 g/mol. The molecule has 3 heteroatoms. The van der Waals surface area contributed by atoms with Gasteiger partial charge in [0.1, 0.15) is 5.82 Å². The lowest BCUT2D eigenvalue weighted by molar-refractivity contribution is 0.117. The summed E-state index contributed by atoms with van der Waals surface area (Å²) in [6.45, 7) is 2.83. The quantitative estimate of drug-likeness (QED) is 0.833. The molecule has 23 heavy (non-hydrogen) atoms. The standard InChI is InChI=1S/C20H23FN2/c1-14-10-15(5-8-20(14)21)16-11-18-6-7-19(12-16)23(18)13-17-4-2-3-9-22-17/h2-5,8-10,16,18-19H,6-7,11-13H2,1H3/t16?,18-,19+. The van der Waals surface area contributed by atoms with Crippen LogP contribution in [0.1, 0.15) is 48.4 Å². The fraction of sp³-hybridized carbons (Fsp3) is 0.450. The Balaban J connectivity index is 1.50. The topological polar surface area (TPSA) is 16.1 Å². The summed E-state index contributed by atoms with van der Waals surface area (Å²) in [5, 5.41) is 0. The normalized spacial score (nSPS) is 27.3. The minimum absolute atomic E-state index is 0.0932. The third-order valence-electron chi connectivity index (χ3n) is 5.61. The van der Waals surface area contributed by atoms with Crippen LogP contribution in [0.5, 0.6) is 0 Å². The second-order valence-electron chi connectivity index (χ2n) is 7.06. The molecule has 0 amide bonds. The first-order valence-corrected chi connectivity index (χ1v) is 8.62. The average molecular weight is 310 g/mol. The molecule has 3 heterocycles. The fourth-order valence-electron chi connectivity index (χ4n) is 4.41. The van der Waals surface area contributed by atoms with Crippen LogP contribution in [0.15, 0.2) is 42.6 Å². The number of fused-ring (bicyclic) bond motifs is 2. The van der Waals surface area contributed by atoms with E-state index in [0.717, 1.165) is 12.1 Å². The summed E-state index contributed by atoms with van der Waals surface area (Å²) in [6.07, 6.45) is 6.83. The number of piperidine rings is 1. The van der Waals surface area contributed by atoms with E-state index in [1.165, 1.54) is 36.9 Å². The van der Waals surface area contributed by atoms with Crippen LogP contribution in [-0.2, 0) is 6.54 Å². The van der Waals surface area contributed by atoms with Gasteiger partial charge in [-0.1, -0.05) is 18.2 Å². The SMILES string of the molecule is Cc1cc(C2C[C@H]3CC[C@@H](C2)N3Cc2ccccn2)ccc1F. The van der Waals surface area contributed by atoms with Crippen molar-refractivity contribution in [1.82, 2.24) is 9.88 Å². The van der Waals surface area contributed by atoms with E-state index >= 15 is 0 Å². The maximum absolute atomic E-state index is 13.5. The molecular formula is C20H23FN2. The number of hydrogen-bond donors (Lipinski definition) is 0. The lowest BCUT2D eigenvalue weighted by Crippen LogP contribution is -2.41. The van der Waals surface area contributed by atoms with Crippen molar-refractivity contribution in [2.45, 2.75) is 57.2 Å². The van der Waals surface area contributed by atoms with Gasteiger partial charge in [-0.2, -0.15) is 0 Å². The van der Waals surface area contributed by atoms with Crippen LogP contribution in [0.4, 0.5) is 4.39 Å². The Morgan fingerprint density at radius 3 is 2.57 bits per heavy atom. The van der Waals surface area contributed by atoms with E-state index in [2.05, 4.69) is 22.0 Å². The van der Waals surface area contributed by atoms with Gasteiger partial charge in [-0.25, -0.2) is 4.39 Å². The van der Waals surface area contributed by atoms with E-state index in [9.17, 15) is 4.39 Å². The van der Waals surface area contributed by atoms with Gasteiger partial charge in [-0.3, -0.25) is 9.88 Å². The molecule has 2 aromatic rings. The molecule has 1 aromatic heterocycles. The summed E-state index contributed by atoms with van der Waals surface area (Å²) in [5.41, 5.74) is 3.25. The molecule has 2 aliphatic rings. The maximum Gasteiger partial charge on any atom is 0.126 e. The molecule has 0 radical (unpaired) electrons. The van der Waals surface area contributed by atoms with Crippen molar-refractivity contribution in [2.24, 2.45) is 0 Å². The van der Waals surface area contributed by atoms with Crippen LogP contribution >= 0.6 is 0 Å². The van der Waals surface area contributed by atoms with Gasteiger partial charge in [0.25, 0.3) is 0 Å². The molecule has 2 nitrogen and oxygen atoms in total. The number of benzene rings is 1. The van der Waals surface area contributed by atoms with Crippen molar-refractivity contribution in [3.63, 3.8) is 0 Å². The van der Waals surface area contributed by atoms with E-state index in [1.807, 2.05) is 31.3 Å². The molecule has 120 valence electrons. The van der Waals surface area contributed by atoms with Gasteiger partial charge in [0, 0.05) is 24.8 Å². The average Bonchev–Trinajstić information content (AvgIpc) is 2.80. The van der Waals surface area contributed by atoms with Crippen LogP contribution in [0.25, 0.3) is 0 Å². The number of pyridine rings is 1. The third kappa shape index (κ3) is 2.90. The number of hydrogen-bond acceptors (Lipinski definition) is 2. The fourth-order valence-corrected chi connectivity index (χ4v) is 4.41. The Labute approximate surface area is 137 Å². The largest absolute Gasteiger partial charge is 0.292 e. The Bertz CT molecular complexity index is 671. The highest BCUT2D eigenvalue weighted by atomic mass is 19.1. The highest BCUT2D eigenvalue weighted by Crippen LogP contribution is 2.43. The molecule has 2 fully saturated rings. The van der Waals surface area contributed by atoms with Crippen LogP contribution in [0.2, 0.25) is 0 Å². The first-order chi connectivity index (χ1) is 11.2. The van der Waals surface area contributed by atoms with Crippen LogP contribution in [0.3, 0.4) is 0 Å². The predicted octanol–water partition coefficient (Wildman–Crippen LogP) is 4.44. The zero-order valence-electron chi connectivity index (χ0n) is 13.6. The predicted molar refractivity (Wildman–Crippen MR) is 89.7 cm³/mol. The molecule has 1 aromatic carbocycles. The third-order valence-corrected chi connectivity index (χ3v) is 5.61.